The molecule has 1 aromatic rings. The molecule has 0 aliphatic heterocycles. The van der Waals surface area contributed by atoms with E-state index in [0.29, 0.717) is 6.42 Å². The van der Waals surface area contributed by atoms with Crippen LogP contribution in [-0.4, -0.2) is 18.1 Å². The van der Waals surface area contributed by atoms with E-state index in [0.717, 1.165) is 18.6 Å². The zero-order valence-electron chi connectivity index (χ0n) is 13.3. The van der Waals surface area contributed by atoms with Crippen molar-refractivity contribution in [2.45, 2.75) is 66.0 Å². The number of amides is 1. The molecule has 0 unspecified atom stereocenters. The second kappa shape index (κ2) is 7.93. The molecule has 0 bridgehead atoms. The van der Waals surface area contributed by atoms with E-state index in [4.69, 9.17) is 4.74 Å². The van der Waals surface area contributed by atoms with Gasteiger partial charge in [-0.25, -0.2) is 0 Å². The Bertz CT molecular complexity index is 443. The topological polar surface area (TPSA) is 38.3 Å². The number of benzene rings is 1. The molecule has 1 rings (SSSR count). The smallest absolute Gasteiger partial charge is 0.261 e. The number of hydrogen-bond donors (Lipinski definition) is 1. The van der Waals surface area contributed by atoms with E-state index in [-0.39, 0.29) is 11.9 Å². The number of hydrogen-bond acceptors (Lipinski definition) is 2. The van der Waals surface area contributed by atoms with Gasteiger partial charge in [-0.15, -0.1) is 0 Å². The van der Waals surface area contributed by atoms with Gasteiger partial charge in [0.25, 0.3) is 5.91 Å². The lowest BCUT2D eigenvalue weighted by Gasteiger charge is -2.20. The molecule has 3 heteroatoms. The van der Waals surface area contributed by atoms with Crippen LogP contribution in [-0.2, 0) is 4.79 Å². The Labute approximate surface area is 122 Å². The molecule has 0 aromatic heterocycles. The summed E-state index contributed by atoms with van der Waals surface area (Å²) < 4.78 is 5.83. The SMILES string of the molecule is CCC[C@@H](C)NC(=O)[C@@H](CC)Oc1ccc(C)c(C)c1. The second-order valence-corrected chi connectivity index (χ2v) is 5.46. The van der Waals surface area contributed by atoms with Gasteiger partial charge >= 0.3 is 0 Å². The maximum Gasteiger partial charge on any atom is 0.261 e. The highest BCUT2D eigenvalue weighted by Gasteiger charge is 2.19. The Kier molecular flexibility index (Phi) is 6.56. The van der Waals surface area contributed by atoms with Crippen LogP contribution >= 0.6 is 0 Å². The first-order valence-electron chi connectivity index (χ1n) is 7.52. The van der Waals surface area contributed by atoms with Gasteiger partial charge in [0, 0.05) is 6.04 Å². The van der Waals surface area contributed by atoms with Crippen molar-refractivity contribution in [3.8, 4) is 5.75 Å². The van der Waals surface area contributed by atoms with Gasteiger partial charge in [-0.05, 0) is 56.9 Å². The monoisotopic (exact) mass is 277 g/mol. The number of carbonyl (C=O) groups excluding carboxylic acids is 1. The second-order valence-electron chi connectivity index (χ2n) is 5.46. The predicted octanol–water partition coefficient (Wildman–Crippen LogP) is 3.77. The molecular formula is C17H27NO2. The fourth-order valence-corrected chi connectivity index (χ4v) is 2.11. The van der Waals surface area contributed by atoms with Crippen LogP contribution in [0.3, 0.4) is 0 Å². The zero-order chi connectivity index (χ0) is 15.1. The number of ether oxygens (including phenoxy) is 1. The Morgan fingerprint density at radius 3 is 2.50 bits per heavy atom. The van der Waals surface area contributed by atoms with E-state index in [9.17, 15) is 4.79 Å². The molecule has 0 heterocycles. The lowest BCUT2D eigenvalue weighted by atomic mass is 10.1. The number of nitrogens with one attached hydrogen (secondary N) is 1. The van der Waals surface area contributed by atoms with Crippen molar-refractivity contribution >= 4 is 5.91 Å². The van der Waals surface area contributed by atoms with Crippen molar-refractivity contribution in [2.75, 3.05) is 0 Å². The molecule has 0 saturated heterocycles. The van der Waals surface area contributed by atoms with Crippen LogP contribution in [0.1, 0.15) is 51.2 Å². The fourth-order valence-electron chi connectivity index (χ4n) is 2.11. The largest absolute Gasteiger partial charge is 0.481 e. The standard InChI is InChI=1S/C17H27NO2/c1-6-8-14(5)18-17(19)16(7-2)20-15-10-9-12(3)13(4)11-15/h9-11,14,16H,6-8H2,1-5H3,(H,18,19)/t14-,16-/m1/s1. The van der Waals surface area contributed by atoms with Crippen LogP contribution in [0.4, 0.5) is 0 Å². The third kappa shape index (κ3) is 4.87. The van der Waals surface area contributed by atoms with Crippen LogP contribution in [0, 0.1) is 13.8 Å². The van der Waals surface area contributed by atoms with E-state index < -0.39 is 6.10 Å². The van der Waals surface area contributed by atoms with Crippen LogP contribution < -0.4 is 10.1 Å². The Morgan fingerprint density at radius 1 is 1.25 bits per heavy atom. The van der Waals surface area contributed by atoms with Crippen LogP contribution in [0.2, 0.25) is 0 Å². The first kappa shape index (κ1) is 16.5. The highest BCUT2D eigenvalue weighted by Crippen LogP contribution is 2.18. The summed E-state index contributed by atoms with van der Waals surface area (Å²) in [5.41, 5.74) is 2.41. The van der Waals surface area contributed by atoms with Crippen molar-refractivity contribution in [1.29, 1.82) is 0 Å². The van der Waals surface area contributed by atoms with Gasteiger partial charge in [0.05, 0.1) is 0 Å². The van der Waals surface area contributed by atoms with Crippen LogP contribution in [0.25, 0.3) is 0 Å². The van der Waals surface area contributed by atoms with Gasteiger partial charge < -0.3 is 10.1 Å². The van der Waals surface area contributed by atoms with E-state index in [1.807, 2.05) is 39.0 Å². The summed E-state index contributed by atoms with van der Waals surface area (Å²) in [6, 6.07) is 6.13. The molecule has 1 N–H and O–H groups in total. The van der Waals surface area contributed by atoms with Gasteiger partial charge in [-0.1, -0.05) is 26.3 Å². The molecule has 0 saturated carbocycles. The van der Waals surface area contributed by atoms with E-state index in [1.54, 1.807) is 0 Å². The lowest BCUT2D eigenvalue weighted by Crippen LogP contribution is -2.42. The maximum atomic E-state index is 12.2. The highest BCUT2D eigenvalue weighted by molar-refractivity contribution is 5.81. The summed E-state index contributed by atoms with van der Waals surface area (Å²) in [5, 5.41) is 3.01. The molecule has 0 fully saturated rings. The van der Waals surface area contributed by atoms with Crippen molar-refractivity contribution < 1.29 is 9.53 Å². The molecular weight excluding hydrogens is 250 g/mol. The Morgan fingerprint density at radius 2 is 1.95 bits per heavy atom. The van der Waals surface area contributed by atoms with Gasteiger partial charge in [-0.3, -0.25) is 4.79 Å². The molecule has 0 radical (unpaired) electrons. The minimum Gasteiger partial charge on any atom is -0.481 e. The van der Waals surface area contributed by atoms with Crippen molar-refractivity contribution in [3.05, 3.63) is 29.3 Å². The Balaban J connectivity index is 2.66. The summed E-state index contributed by atoms with van der Waals surface area (Å²) >= 11 is 0. The molecule has 112 valence electrons. The first-order valence-corrected chi connectivity index (χ1v) is 7.52. The van der Waals surface area contributed by atoms with Gasteiger partial charge in [-0.2, -0.15) is 0 Å². The summed E-state index contributed by atoms with van der Waals surface area (Å²) in [4.78, 5) is 12.2. The van der Waals surface area contributed by atoms with Crippen LogP contribution in [0.5, 0.6) is 5.75 Å². The summed E-state index contributed by atoms with van der Waals surface area (Å²) in [6.45, 7) is 10.2. The summed E-state index contributed by atoms with van der Waals surface area (Å²) in [5.74, 6) is 0.741. The van der Waals surface area contributed by atoms with Gasteiger partial charge in [0.2, 0.25) is 0 Å². The predicted molar refractivity (Wildman–Crippen MR) is 83.1 cm³/mol. The summed E-state index contributed by atoms with van der Waals surface area (Å²) in [7, 11) is 0. The maximum absolute atomic E-state index is 12.2. The number of aryl methyl sites for hydroxylation is 2. The van der Waals surface area contributed by atoms with Gasteiger partial charge in [0.15, 0.2) is 6.10 Å². The molecule has 1 aromatic carbocycles. The average molecular weight is 277 g/mol. The lowest BCUT2D eigenvalue weighted by molar-refractivity contribution is -0.128. The average Bonchev–Trinajstić information content (AvgIpc) is 2.40. The zero-order valence-corrected chi connectivity index (χ0v) is 13.3. The van der Waals surface area contributed by atoms with E-state index >= 15 is 0 Å². The third-order valence-electron chi connectivity index (χ3n) is 3.53. The van der Waals surface area contributed by atoms with Crippen LogP contribution in [0.15, 0.2) is 18.2 Å². The molecule has 0 spiro atoms. The third-order valence-corrected chi connectivity index (χ3v) is 3.53. The molecule has 2 atom stereocenters. The molecule has 20 heavy (non-hydrogen) atoms. The normalized spacial score (nSPS) is 13.7. The van der Waals surface area contributed by atoms with Crippen molar-refractivity contribution in [3.63, 3.8) is 0 Å². The first-order chi connectivity index (χ1) is 9.47. The van der Waals surface area contributed by atoms with Crippen molar-refractivity contribution in [2.24, 2.45) is 0 Å². The minimum absolute atomic E-state index is 0.0216. The molecule has 1 amide bonds. The Hall–Kier alpha value is -1.51. The molecule has 3 nitrogen and oxygen atoms in total. The molecule has 0 aliphatic rings. The number of carbonyl (C=O) groups is 1. The summed E-state index contributed by atoms with van der Waals surface area (Å²) in [6.07, 6.45) is 2.30. The highest BCUT2D eigenvalue weighted by atomic mass is 16.5. The quantitative estimate of drug-likeness (QED) is 0.824. The van der Waals surface area contributed by atoms with E-state index in [2.05, 4.69) is 19.2 Å². The van der Waals surface area contributed by atoms with Crippen molar-refractivity contribution in [1.82, 2.24) is 5.32 Å². The minimum atomic E-state index is -0.420. The van der Waals surface area contributed by atoms with E-state index in [1.165, 1.54) is 11.1 Å². The number of rotatable bonds is 7. The van der Waals surface area contributed by atoms with Gasteiger partial charge in [0.1, 0.15) is 5.75 Å². The molecule has 0 aliphatic carbocycles. The fraction of sp³-hybridized carbons (Fsp3) is 0.588.